The molecule has 0 unspecified atom stereocenters. The van der Waals surface area contributed by atoms with Gasteiger partial charge >= 0.3 is 0 Å². The first-order valence-electron chi connectivity index (χ1n) is 10.4. The maximum Gasteiger partial charge on any atom is 0.0908 e. The number of pyridine rings is 1. The van der Waals surface area contributed by atoms with Crippen LogP contribution < -0.4 is 15.5 Å². The van der Waals surface area contributed by atoms with E-state index in [1.54, 1.807) is 0 Å². The van der Waals surface area contributed by atoms with Gasteiger partial charge in [0.2, 0.25) is 0 Å². The number of hydrogen-bond donors (Lipinski definition) is 2. The minimum atomic E-state index is 0.517. The lowest BCUT2D eigenvalue weighted by Gasteiger charge is -2.33. The number of aromatic nitrogens is 1. The Balaban J connectivity index is 1.51. The van der Waals surface area contributed by atoms with E-state index in [2.05, 4.69) is 38.7 Å². The first-order valence-corrected chi connectivity index (χ1v) is 10.4. The SMILES string of the molecule is CCOCc1ncccc1Nc1cc2c3c(c1)[C@@H]1CNCC[C@@H]1N3CCOC2. The second kappa shape index (κ2) is 7.70. The number of ether oxygens (including phenoxy) is 2. The Morgan fingerprint density at radius 1 is 1.39 bits per heavy atom. The highest BCUT2D eigenvalue weighted by molar-refractivity contribution is 5.74. The molecular weight excluding hydrogens is 352 g/mol. The van der Waals surface area contributed by atoms with Crippen molar-refractivity contribution in [2.75, 3.05) is 43.1 Å². The number of piperidine rings is 1. The van der Waals surface area contributed by atoms with Gasteiger partial charge in [-0.25, -0.2) is 0 Å². The molecule has 148 valence electrons. The van der Waals surface area contributed by atoms with Crippen LogP contribution in [-0.2, 0) is 22.7 Å². The molecule has 1 aromatic heterocycles. The minimum Gasteiger partial charge on any atom is -0.375 e. The summed E-state index contributed by atoms with van der Waals surface area (Å²) in [5.41, 5.74) is 7.22. The molecule has 0 saturated carbocycles. The van der Waals surface area contributed by atoms with Gasteiger partial charge in [-0.1, -0.05) is 0 Å². The third-order valence-electron chi connectivity index (χ3n) is 6.10. The largest absolute Gasteiger partial charge is 0.375 e. The molecule has 0 spiro atoms. The standard InChI is InChI=1S/C22H28N4O2/c1-2-27-14-20-19(4-3-6-24-20)25-16-10-15-13-28-9-8-26-21-5-7-23-12-18(21)17(11-16)22(15)26/h3-4,6,10-11,18,21,23,25H,2,5,7-9,12-14H2,1H3/t18-,21-/m0/s1. The molecule has 4 heterocycles. The van der Waals surface area contributed by atoms with E-state index in [4.69, 9.17) is 9.47 Å². The van der Waals surface area contributed by atoms with Crippen molar-refractivity contribution >= 4 is 17.1 Å². The Labute approximate surface area is 166 Å². The van der Waals surface area contributed by atoms with Gasteiger partial charge in [0.1, 0.15) is 0 Å². The van der Waals surface area contributed by atoms with Gasteiger partial charge in [-0.3, -0.25) is 4.98 Å². The molecule has 6 heteroatoms. The van der Waals surface area contributed by atoms with Crippen LogP contribution in [0.3, 0.4) is 0 Å². The number of benzene rings is 1. The number of fused-ring (bicyclic) bond motifs is 3. The number of nitrogens with one attached hydrogen (secondary N) is 2. The molecule has 0 bridgehead atoms. The second-order valence-corrected chi connectivity index (χ2v) is 7.75. The molecule has 3 aliphatic rings. The predicted octanol–water partition coefficient (Wildman–Crippen LogP) is 3.16. The Morgan fingerprint density at radius 3 is 3.29 bits per heavy atom. The molecule has 3 aliphatic heterocycles. The van der Waals surface area contributed by atoms with Gasteiger partial charge in [0.15, 0.2) is 0 Å². The Morgan fingerprint density at radius 2 is 2.36 bits per heavy atom. The molecule has 1 aromatic carbocycles. The van der Waals surface area contributed by atoms with E-state index in [1.807, 2.05) is 19.2 Å². The van der Waals surface area contributed by atoms with Crippen molar-refractivity contribution in [2.24, 2.45) is 0 Å². The first-order chi connectivity index (χ1) is 13.8. The van der Waals surface area contributed by atoms with E-state index in [-0.39, 0.29) is 0 Å². The molecule has 0 amide bonds. The van der Waals surface area contributed by atoms with Crippen LogP contribution in [0.5, 0.6) is 0 Å². The number of nitrogens with zero attached hydrogens (tertiary/aromatic N) is 2. The number of anilines is 3. The molecule has 2 atom stereocenters. The fraction of sp³-hybridized carbons (Fsp3) is 0.500. The van der Waals surface area contributed by atoms with Gasteiger partial charge in [0.05, 0.1) is 31.2 Å². The third kappa shape index (κ3) is 3.15. The van der Waals surface area contributed by atoms with Crippen molar-refractivity contribution in [1.82, 2.24) is 10.3 Å². The molecule has 2 aromatic rings. The Hall–Kier alpha value is -2.15. The van der Waals surface area contributed by atoms with Crippen molar-refractivity contribution in [3.63, 3.8) is 0 Å². The summed E-state index contributed by atoms with van der Waals surface area (Å²) in [4.78, 5) is 7.11. The monoisotopic (exact) mass is 380 g/mol. The van der Waals surface area contributed by atoms with Gasteiger partial charge in [-0.05, 0) is 49.7 Å². The zero-order chi connectivity index (χ0) is 18.9. The van der Waals surface area contributed by atoms with E-state index >= 15 is 0 Å². The summed E-state index contributed by atoms with van der Waals surface area (Å²) in [6.07, 6.45) is 3.02. The summed E-state index contributed by atoms with van der Waals surface area (Å²) in [5.74, 6) is 0.555. The van der Waals surface area contributed by atoms with Crippen LogP contribution in [0.1, 0.15) is 36.1 Å². The summed E-state index contributed by atoms with van der Waals surface area (Å²) in [7, 11) is 0. The highest BCUT2D eigenvalue weighted by Gasteiger charge is 2.41. The van der Waals surface area contributed by atoms with Crippen molar-refractivity contribution < 1.29 is 9.47 Å². The predicted molar refractivity (Wildman–Crippen MR) is 110 cm³/mol. The summed E-state index contributed by atoms with van der Waals surface area (Å²) >= 11 is 0. The van der Waals surface area contributed by atoms with Crippen molar-refractivity contribution in [2.45, 2.75) is 38.5 Å². The molecule has 5 rings (SSSR count). The quantitative estimate of drug-likeness (QED) is 0.831. The average Bonchev–Trinajstić information content (AvgIpc) is 2.89. The summed E-state index contributed by atoms with van der Waals surface area (Å²) in [6.45, 7) is 7.84. The van der Waals surface area contributed by atoms with E-state index in [9.17, 15) is 0 Å². The molecule has 1 saturated heterocycles. The van der Waals surface area contributed by atoms with E-state index in [0.717, 1.165) is 43.3 Å². The van der Waals surface area contributed by atoms with Crippen LogP contribution in [0.2, 0.25) is 0 Å². The van der Waals surface area contributed by atoms with Crippen LogP contribution in [0, 0.1) is 0 Å². The van der Waals surface area contributed by atoms with Crippen LogP contribution in [0.15, 0.2) is 30.5 Å². The highest BCUT2D eigenvalue weighted by Crippen LogP contribution is 2.47. The second-order valence-electron chi connectivity index (χ2n) is 7.75. The molecule has 2 N–H and O–H groups in total. The van der Waals surface area contributed by atoms with E-state index in [0.29, 0.717) is 31.8 Å². The van der Waals surface area contributed by atoms with Crippen LogP contribution in [0.4, 0.5) is 17.1 Å². The summed E-state index contributed by atoms with van der Waals surface area (Å²) < 4.78 is 11.5. The first kappa shape index (κ1) is 17.9. The van der Waals surface area contributed by atoms with E-state index < -0.39 is 0 Å². The lowest BCUT2D eigenvalue weighted by molar-refractivity contribution is 0.130. The molecule has 28 heavy (non-hydrogen) atoms. The fourth-order valence-electron chi connectivity index (χ4n) is 4.88. The van der Waals surface area contributed by atoms with Crippen LogP contribution in [-0.4, -0.2) is 43.9 Å². The summed E-state index contributed by atoms with van der Waals surface area (Å²) in [5, 5.41) is 7.20. The van der Waals surface area contributed by atoms with Gasteiger partial charge < -0.3 is 25.0 Å². The molecule has 1 fully saturated rings. The maximum absolute atomic E-state index is 5.92. The third-order valence-corrected chi connectivity index (χ3v) is 6.10. The Kier molecular flexibility index (Phi) is 4.93. The van der Waals surface area contributed by atoms with Crippen LogP contribution >= 0.6 is 0 Å². The van der Waals surface area contributed by atoms with Gasteiger partial charge in [0, 0.05) is 54.8 Å². The lowest BCUT2D eigenvalue weighted by Crippen LogP contribution is -2.44. The minimum absolute atomic E-state index is 0.517. The smallest absolute Gasteiger partial charge is 0.0908 e. The Bertz CT molecular complexity index is 856. The number of hydrogen-bond acceptors (Lipinski definition) is 6. The fourth-order valence-corrected chi connectivity index (χ4v) is 4.88. The molecular formula is C22H28N4O2. The van der Waals surface area contributed by atoms with Gasteiger partial charge in [0.25, 0.3) is 0 Å². The topological polar surface area (TPSA) is 58.7 Å². The van der Waals surface area contributed by atoms with E-state index in [1.165, 1.54) is 23.2 Å². The molecule has 0 radical (unpaired) electrons. The van der Waals surface area contributed by atoms with Crippen molar-refractivity contribution in [3.8, 4) is 0 Å². The zero-order valence-corrected chi connectivity index (χ0v) is 16.4. The van der Waals surface area contributed by atoms with Crippen molar-refractivity contribution in [3.05, 3.63) is 47.3 Å². The summed E-state index contributed by atoms with van der Waals surface area (Å²) in [6, 6.07) is 9.22. The lowest BCUT2D eigenvalue weighted by atomic mass is 9.89. The highest BCUT2D eigenvalue weighted by atomic mass is 16.5. The van der Waals surface area contributed by atoms with Crippen molar-refractivity contribution in [1.29, 1.82) is 0 Å². The van der Waals surface area contributed by atoms with Crippen LogP contribution in [0.25, 0.3) is 0 Å². The zero-order valence-electron chi connectivity index (χ0n) is 16.4. The molecule has 6 nitrogen and oxygen atoms in total. The molecule has 0 aliphatic carbocycles. The van der Waals surface area contributed by atoms with Gasteiger partial charge in [-0.15, -0.1) is 0 Å². The normalized spacial score (nSPS) is 23.1. The maximum atomic E-state index is 5.92. The average molecular weight is 380 g/mol. The number of rotatable bonds is 5. The van der Waals surface area contributed by atoms with Gasteiger partial charge in [-0.2, -0.15) is 0 Å².